The van der Waals surface area contributed by atoms with E-state index in [1.165, 1.54) is 24.0 Å². The molecule has 1 aromatic rings. The van der Waals surface area contributed by atoms with Gasteiger partial charge in [-0.2, -0.15) is 0 Å². The van der Waals surface area contributed by atoms with Crippen molar-refractivity contribution in [1.29, 1.82) is 0 Å². The van der Waals surface area contributed by atoms with Gasteiger partial charge in [-0.3, -0.25) is 0 Å². The molecule has 0 amide bonds. The van der Waals surface area contributed by atoms with E-state index < -0.39 is 0 Å². The second-order valence-electron chi connectivity index (χ2n) is 3.17. The molecule has 0 aliphatic rings. The lowest BCUT2D eigenvalue weighted by Gasteiger charge is -2.03. The standard InChI is InChI=1S/C11H17N/c1-10-6-2-3-7-11(10)8-4-5-9-12/h2-3,6-7H,4-5,8-9,12H2,1H3. The Labute approximate surface area is 74.6 Å². The molecule has 0 fully saturated rings. The molecular weight excluding hydrogens is 146 g/mol. The lowest BCUT2D eigenvalue weighted by Crippen LogP contribution is -1.99. The third-order valence-corrected chi connectivity index (χ3v) is 2.16. The van der Waals surface area contributed by atoms with Gasteiger partial charge in [0.25, 0.3) is 0 Å². The Morgan fingerprint density at radius 1 is 1.17 bits per heavy atom. The second-order valence-corrected chi connectivity index (χ2v) is 3.17. The van der Waals surface area contributed by atoms with Gasteiger partial charge in [0.05, 0.1) is 0 Å². The fourth-order valence-electron chi connectivity index (χ4n) is 1.35. The van der Waals surface area contributed by atoms with Gasteiger partial charge < -0.3 is 5.73 Å². The number of aryl methyl sites for hydroxylation is 2. The van der Waals surface area contributed by atoms with Crippen molar-refractivity contribution >= 4 is 0 Å². The molecule has 0 radical (unpaired) electrons. The van der Waals surface area contributed by atoms with Crippen LogP contribution in [0.2, 0.25) is 0 Å². The van der Waals surface area contributed by atoms with Crippen molar-refractivity contribution in [3.8, 4) is 0 Å². The van der Waals surface area contributed by atoms with Gasteiger partial charge in [-0.05, 0) is 43.9 Å². The zero-order chi connectivity index (χ0) is 8.81. The van der Waals surface area contributed by atoms with E-state index in [0.717, 1.165) is 13.0 Å². The van der Waals surface area contributed by atoms with E-state index in [9.17, 15) is 0 Å². The first kappa shape index (κ1) is 9.27. The molecule has 0 spiro atoms. The summed E-state index contributed by atoms with van der Waals surface area (Å²) in [5.74, 6) is 0. The minimum Gasteiger partial charge on any atom is -0.330 e. The number of nitrogens with two attached hydrogens (primary N) is 1. The fourth-order valence-corrected chi connectivity index (χ4v) is 1.35. The van der Waals surface area contributed by atoms with Crippen molar-refractivity contribution in [3.05, 3.63) is 35.4 Å². The lowest BCUT2D eigenvalue weighted by molar-refractivity contribution is 0.742. The Kier molecular flexibility index (Phi) is 3.81. The van der Waals surface area contributed by atoms with Crippen molar-refractivity contribution in [2.45, 2.75) is 26.2 Å². The highest BCUT2D eigenvalue weighted by Gasteiger charge is 1.95. The average molecular weight is 163 g/mol. The van der Waals surface area contributed by atoms with Gasteiger partial charge in [0.2, 0.25) is 0 Å². The van der Waals surface area contributed by atoms with Crippen LogP contribution in [0.4, 0.5) is 0 Å². The Balaban J connectivity index is 2.46. The summed E-state index contributed by atoms with van der Waals surface area (Å²) >= 11 is 0. The zero-order valence-electron chi connectivity index (χ0n) is 7.72. The summed E-state index contributed by atoms with van der Waals surface area (Å²) in [7, 11) is 0. The van der Waals surface area contributed by atoms with Crippen LogP contribution in [0.25, 0.3) is 0 Å². The Morgan fingerprint density at radius 2 is 1.92 bits per heavy atom. The average Bonchev–Trinajstić information content (AvgIpc) is 2.09. The molecule has 1 rings (SSSR count). The van der Waals surface area contributed by atoms with Crippen molar-refractivity contribution < 1.29 is 0 Å². The fraction of sp³-hybridized carbons (Fsp3) is 0.455. The van der Waals surface area contributed by atoms with Gasteiger partial charge in [-0.25, -0.2) is 0 Å². The largest absolute Gasteiger partial charge is 0.330 e. The monoisotopic (exact) mass is 163 g/mol. The normalized spacial score (nSPS) is 10.2. The predicted molar refractivity (Wildman–Crippen MR) is 53.2 cm³/mol. The van der Waals surface area contributed by atoms with Crippen LogP contribution in [0.15, 0.2) is 24.3 Å². The maximum absolute atomic E-state index is 5.43. The summed E-state index contributed by atoms with van der Waals surface area (Å²) in [4.78, 5) is 0. The van der Waals surface area contributed by atoms with Crippen molar-refractivity contribution in [2.24, 2.45) is 5.73 Å². The van der Waals surface area contributed by atoms with Crippen LogP contribution in [0, 0.1) is 6.92 Å². The van der Waals surface area contributed by atoms with E-state index in [0.29, 0.717) is 0 Å². The smallest absolute Gasteiger partial charge is 0.00772 e. The molecule has 0 unspecified atom stereocenters. The molecule has 0 heterocycles. The molecule has 0 aliphatic heterocycles. The van der Waals surface area contributed by atoms with E-state index in [2.05, 4.69) is 31.2 Å². The molecule has 2 N–H and O–H groups in total. The molecule has 0 bridgehead atoms. The van der Waals surface area contributed by atoms with Gasteiger partial charge in [-0.15, -0.1) is 0 Å². The molecule has 0 aromatic heterocycles. The highest BCUT2D eigenvalue weighted by molar-refractivity contribution is 5.25. The van der Waals surface area contributed by atoms with E-state index in [1.54, 1.807) is 0 Å². The summed E-state index contributed by atoms with van der Waals surface area (Å²) in [6.45, 7) is 2.98. The minimum atomic E-state index is 0.811. The van der Waals surface area contributed by atoms with Crippen molar-refractivity contribution in [1.82, 2.24) is 0 Å². The molecule has 1 heteroatoms. The van der Waals surface area contributed by atoms with E-state index in [-0.39, 0.29) is 0 Å². The molecule has 1 aromatic carbocycles. The van der Waals surface area contributed by atoms with Crippen LogP contribution in [0.1, 0.15) is 24.0 Å². The number of hydrogen-bond acceptors (Lipinski definition) is 1. The van der Waals surface area contributed by atoms with Gasteiger partial charge in [0.1, 0.15) is 0 Å². The Morgan fingerprint density at radius 3 is 2.58 bits per heavy atom. The second kappa shape index (κ2) is 4.94. The first-order valence-electron chi connectivity index (χ1n) is 4.59. The lowest BCUT2D eigenvalue weighted by atomic mass is 10.0. The number of hydrogen-bond donors (Lipinski definition) is 1. The Bertz CT molecular complexity index is 230. The summed E-state index contributed by atoms with van der Waals surface area (Å²) in [5, 5.41) is 0. The SMILES string of the molecule is Cc1ccccc1CCCCN. The van der Waals surface area contributed by atoms with E-state index in [4.69, 9.17) is 5.73 Å². The highest BCUT2D eigenvalue weighted by atomic mass is 14.5. The summed E-state index contributed by atoms with van der Waals surface area (Å²) < 4.78 is 0. The molecule has 0 aliphatic carbocycles. The predicted octanol–water partition coefficient (Wildman–Crippen LogP) is 2.28. The molecule has 1 nitrogen and oxygen atoms in total. The topological polar surface area (TPSA) is 26.0 Å². The quantitative estimate of drug-likeness (QED) is 0.677. The van der Waals surface area contributed by atoms with Crippen molar-refractivity contribution in [2.75, 3.05) is 6.54 Å². The molecular formula is C11H17N. The van der Waals surface area contributed by atoms with Crippen molar-refractivity contribution in [3.63, 3.8) is 0 Å². The molecule has 66 valence electrons. The van der Waals surface area contributed by atoms with Crippen LogP contribution in [0.5, 0.6) is 0 Å². The summed E-state index contributed by atoms with van der Waals surface area (Å²) in [5.41, 5.74) is 8.29. The number of rotatable bonds is 4. The molecule has 12 heavy (non-hydrogen) atoms. The minimum absolute atomic E-state index is 0.811. The summed E-state index contributed by atoms with van der Waals surface area (Å²) in [6.07, 6.45) is 3.51. The molecule has 0 saturated carbocycles. The first-order chi connectivity index (χ1) is 5.84. The first-order valence-corrected chi connectivity index (χ1v) is 4.59. The van der Waals surface area contributed by atoms with Crippen LogP contribution >= 0.6 is 0 Å². The maximum atomic E-state index is 5.43. The number of benzene rings is 1. The van der Waals surface area contributed by atoms with Gasteiger partial charge in [0.15, 0.2) is 0 Å². The van der Waals surface area contributed by atoms with Crippen LogP contribution in [0.3, 0.4) is 0 Å². The maximum Gasteiger partial charge on any atom is -0.00772 e. The summed E-state index contributed by atoms with van der Waals surface area (Å²) in [6, 6.07) is 8.55. The third-order valence-electron chi connectivity index (χ3n) is 2.16. The van der Waals surface area contributed by atoms with Crippen LogP contribution in [-0.2, 0) is 6.42 Å². The van der Waals surface area contributed by atoms with Crippen LogP contribution in [-0.4, -0.2) is 6.54 Å². The van der Waals surface area contributed by atoms with Gasteiger partial charge in [0, 0.05) is 0 Å². The van der Waals surface area contributed by atoms with E-state index in [1.807, 2.05) is 0 Å². The van der Waals surface area contributed by atoms with Crippen LogP contribution < -0.4 is 5.73 Å². The third kappa shape index (κ3) is 2.67. The Hall–Kier alpha value is -0.820. The van der Waals surface area contributed by atoms with Gasteiger partial charge in [-0.1, -0.05) is 24.3 Å². The number of unbranched alkanes of at least 4 members (excludes halogenated alkanes) is 1. The molecule has 0 saturated heterocycles. The molecule has 0 atom stereocenters. The highest BCUT2D eigenvalue weighted by Crippen LogP contribution is 2.09. The zero-order valence-corrected chi connectivity index (χ0v) is 7.72. The van der Waals surface area contributed by atoms with Gasteiger partial charge >= 0.3 is 0 Å². The van der Waals surface area contributed by atoms with E-state index >= 15 is 0 Å².